The van der Waals surface area contributed by atoms with Crippen LogP contribution in [0.15, 0.2) is 0 Å². The summed E-state index contributed by atoms with van der Waals surface area (Å²) in [5.41, 5.74) is 0. The zero-order chi connectivity index (χ0) is 3.58. The molecule has 4 heteroatoms. The van der Waals surface area contributed by atoms with Crippen molar-refractivity contribution in [1.82, 2.24) is 0 Å². The van der Waals surface area contributed by atoms with Crippen molar-refractivity contribution in [2.75, 3.05) is 0 Å². The van der Waals surface area contributed by atoms with Crippen molar-refractivity contribution in [2.45, 2.75) is 0 Å². The summed E-state index contributed by atoms with van der Waals surface area (Å²) in [7, 11) is 0. The van der Waals surface area contributed by atoms with E-state index < -0.39 is 0 Å². The van der Waals surface area contributed by atoms with E-state index in [9.17, 15) is 0 Å². The van der Waals surface area contributed by atoms with E-state index in [2.05, 4.69) is 0 Å². The van der Waals surface area contributed by atoms with Gasteiger partial charge in [0.05, 0.1) is 0 Å². The summed E-state index contributed by atoms with van der Waals surface area (Å²) >= 11 is 14.2. The van der Waals surface area contributed by atoms with Crippen LogP contribution < -0.4 is 0 Å². The van der Waals surface area contributed by atoms with Crippen molar-refractivity contribution < 1.29 is 0 Å². The average molecular weight is 236 g/mol. The van der Waals surface area contributed by atoms with Crippen LogP contribution in [0, 0.1) is 4.30 Å². The van der Waals surface area contributed by atoms with Gasteiger partial charge in [0.1, 0.15) is 0 Å². The Balaban J connectivity index is 0. The number of halogens is 3. The molecule has 0 aromatic carbocycles. The van der Waals surface area contributed by atoms with Crippen LogP contribution in [0.4, 0.5) is 0 Å². The van der Waals surface area contributed by atoms with Gasteiger partial charge >= 0.3 is 25.8 Å². The Kier molecular flexibility index (Phi) is 11.3. The average Bonchev–Trinajstić information content (AvgIpc) is 0.811. The molecule has 0 aliphatic rings. The third-order valence-electron chi connectivity index (χ3n) is 0. The maximum absolute atomic E-state index is 4.72. The normalized spacial score (nSPS) is 7.20. The first-order chi connectivity index (χ1) is 1.73. The summed E-state index contributed by atoms with van der Waals surface area (Å²) in [5.74, 6) is 0. The number of hydrogen-bond acceptors (Lipinski definition) is 0. The van der Waals surface area contributed by atoms with E-state index in [1.54, 1.807) is 0 Å². The molecule has 31 valence electrons. The standard InChI is InChI=1S/CCl3.In.3H/c2-1(3)4;;;;. The fraction of sp³-hybridized carbons (Fsp3) is 0. The Morgan fingerprint density at radius 2 is 1.00 bits per heavy atom. The molecule has 1 radical (unpaired) electrons. The number of rotatable bonds is 0. The fourth-order valence-electron chi connectivity index (χ4n) is 0. The van der Waals surface area contributed by atoms with Gasteiger partial charge in [-0.15, -0.1) is 0 Å². The van der Waals surface area contributed by atoms with Gasteiger partial charge in [0.15, 0.2) is 0 Å². The summed E-state index contributed by atoms with van der Waals surface area (Å²) in [5, 5.41) is 0. The summed E-state index contributed by atoms with van der Waals surface area (Å²) in [6, 6.07) is 0. The van der Waals surface area contributed by atoms with Crippen molar-refractivity contribution in [3.8, 4) is 0 Å². The quantitative estimate of drug-likeness (QED) is 0.588. The van der Waals surface area contributed by atoms with Gasteiger partial charge in [-0.1, -0.05) is 34.8 Å². The van der Waals surface area contributed by atoms with Gasteiger partial charge in [-0.3, -0.25) is 0 Å². The van der Waals surface area contributed by atoms with E-state index in [0.717, 1.165) is 0 Å². The van der Waals surface area contributed by atoms with Crippen LogP contribution in [-0.2, 0) is 0 Å². The van der Waals surface area contributed by atoms with Gasteiger partial charge in [0, 0.05) is 0 Å². The van der Waals surface area contributed by atoms with E-state index in [0.29, 0.717) is 0 Å². The van der Waals surface area contributed by atoms with Gasteiger partial charge in [0.2, 0.25) is 4.30 Å². The van der Waals surface area contributed by atoms with Crippen molar-refractivity contribution in [1.29, 1.82) is 0 Å². The summed E-state index contributed by atoms with van der Waals surface area (Å²) < 4.78 is -0.167. The first-order valence-electron chi connectivity index (χ1n) is 0.567. The summed E-state index contributed by atoms with van der Waals surface area (Å²) in [6.45, 7) is 0. The van der Waals surface area contributed by atoms with Gasteiger partial charge in [-0.05, 0) is 0 Å². The number of hydrogen-bond donors (Lipinski definition) is 0. The van der Waals surface area contributed by atoms with Crippen LogP contribution in [0.25, 0.3) is 0 Å². The molecule has 0 bridgehead atoms. The maximum atomic E-state index is 4.72. The Bertz CT molecular complexity index is 11.6. The van der Waals surface area contributed by atoms with E-state index in [4.69, 9.17) is 34.8 Å². The zero-order valence-corrected chi connectivity index (χ0v) is 3.90. The molecular weight excluding hydrogens is 233 g/mol. The third kappa shape index (κ3) is 26.5. The zero-order valence-electron chi connectivity index (χ0n) is 1.63. The monoisotopic (exact) mass is 235 g/mol. The van der Waals surface area contributed by atoms with Crippen molar-refractivity contribution in [3.05, 3.63) is 4.30 Å². The van der Waals surface area contributed by atoms with Gasteiger partial charge in [-0.2, -0.15) is 0 Å². The Morgan fingerprint density at radius 1 is 1.00 bits per heavy atom. The second-order valence-corrected chi connectivity index (χ2v) is 1.93. The molecule has 0 aromatic heterocycles. The van der Waals surface area contributed by atoms with Crippen LogP contribution in [0.5, 0.6) is 0 Å². The fourth-order valence-corrected chi connectivity index (χ4v) is 0. The van der Waals surface area contributed by atoms with Crippen LogP contribution in [0.1, 0.15) is 0 Å². The minimum absolute atomic E-state index is 0. The van der Waals surface area contributed by atoms with E-state index in [-0.39, 0.29) is 30.1 Å². The van der Waals surface area contributed by atoms with E-state index >= 15 is 0 Å². The first-order valence-corrected chi connectivity index (χ1v) is 1.70. The molecule has 0 saturated carbocycles. The molecule has 0 rings (SSSR count). The molecule has 0 heterocycles. The topological polar surface area (TPSA) is 0 Å². The van der Waals surface area contributed by atoms with Crippen LogP contribution >= 0.6 is 34.8 Å². The summed E-state index contributed by atoms with van der Waals surface area (Å²) in [4.78, 5) is 0. The third-order valence-corrected chi connectivity index (χ3v) is 0. The molecule has 0 aromatic rings. The molecule has 0 saturated heterocycles. The molecule has 0 amide bonds. The molecule has 0 aliphatic carbocycles. The SMILES string of the molecule is Cl[C](Cl)Cl.[InH3]. The minimum atomic E-state index is -0.167. The molecule has 0 atom stereocenters. The molecule has 0 aliphatic heterocycles. The van der Waals surface area contributed by atoms with Crippen LogP contribution in [0.3, 0.4) is 0 Å². The predicted molar refractivity (Wildman–Crippen MR) is 30.7 cm³/mol. The second kappa shape index (κ2) is 5.74. The van der Waals surface area contributed by atoms with Gasteiger partial charge in [-0.25, -0.2) is 0 Å². The van der Waals surface area contributed by atoms with E-state index in [1.165, 1.54) is 0 Å². The van der Waals surface area contributed by atoms with Gasteiger partial charge < -0.3 is 0 Å². The molecule has 0 N–H and O–H groups in total. The van der Waals surface area contributed by atoms with Crippen LogP contribution in [-0.4, -0.2) is 25.8 Å². The molecule has 0 unspecified atom stereocenters. The molecular formula is CH3Cl3In. The Morgan fingerprint density at radius 3 is 1.00 bits per heavy atom. The van der Waals surface area contributed by atoms with Crippen molar-refractivity contribution in [2.24, 2.45) is 0 Å². The Labute approximate surface area is 64.6 Å². The molecule has 0 fully saturated rings. The Hall–Kier alpha value is 1.74. The van der Waals surface area contributed by atoms with E-state index in [1.807, 2.05) is 0 Å². The predicted octanol–water partition coefficient (Wildman–Crippen LogP) is 0.966. The molecule has 5 heavy (non-hydrogen) atoms. The summed E-state index contributed by atoms with van der Waals surface area (Å²) in [6.07, 6.45) is 0. The first kappa shape index (κ1) is 9.88. The second-order valence-electron chi connectivity index (χ2n) is 0.214. The van der Waals surface area contributed by atoms with Crippen molar-refractivity contribution in [3.63, 3.8) is 0 Å². The van der Waals surface area contributed by atoms with Crippen LogP contribution in [0.2, 0.25) is 0 Å². The van der Waals surface area contributed by atoms with Gasteiger partial charge in [0.25, 0.3) is 0 Å². The molecule has 0 spiro atoms. The van der Waals surface area contributed by atoms with Crippen molar-refractivity contribution >= 4 is 60.6 Å². The molecule has 0 nitrogen and oxygen atoms in total.